The Hall–Kier alpha value is -2.87. The standard InChI is InChI=1S/C20H23N3O4S/c1-3-27-18-11-5-4-10-17(18)20(24)21-15-8-6-9-16(14-15)28(25,26)22-19-12-7-13-23(19)2/h4-6,8-11,14H,3,7,12-13H2,1-2H3,(H,21,24). The van der Waals surface area contributed by atoms with Crippen molar-refractivity contribution in [3.05, 3.63) is 54.1 Å². The number of carbonyl (C=O) groups is 1. The Bertz CT molecular complexity index is 1000. The highest BCUT2D eigenvalue weighted by Gasteiger charge is 2.21. The number of para-hydroxylation sites is 1. The number of ether oxygens (including phenoxy) is 1. The lowest BCUT2D eigenvalue weighted by atomic mass is 10.2. The summed E-state index contributed by atoms with van der Waals surface area (Å²) in [7, 11) is -2.02. The van der Waals surface area contributed by atoms with E-state index >= 15 is 0 Å². The number of nitrogens with zero attached hydrogens (tertiary/aromatic N) is 2. The van der Waals surface area contributed by atoms with Gasteiger partial charge in [-0.2, -0.15) is 8.42 Å². The van der Waals surface area contributed by atoms with Crippen LogP contribution in [0.3, 0.4) is 0 Å². The minimum Gasteiger partial charge on any atom is -0.493 e. The van der Waals surface area contributed by atoms with Crippen LogP contribution in [0.15, 0.2) is 57.8 Å². The molecule has 1 fully saturated rings. The van der Waals surface area contributed by atoms with Crippen molar-refractivity contribution in [1.82, 2.24) is 4.90 Å². The Labute approximate surface area is 165 Å². The second kappa shape index (κ2) is 8.43. The number of carbonyl (C=O) groups excluding carboxylic acids is 1. The molecule has 2 aromatic carbocycles. The summed E-state index contributed by atoms with van der Waals surface area (Å²) in [6.07, 6.45) is 1.53. The van der Waals surface area contributed by atoms with Gasteiger partial charge in [0.1, 0.15) is 11.6 Å². The van der Waals surface area contributed by atoms with E-state index in [-0.39, 0.29) is 10.8 Å². The highest BCUT2D eigenvalue weighted by atomic mass is 32.2. The lowest BCUT2D eigenvalue weighted by molar-refractivity contribution is 0.102. The number of benzene rings is 2. The third-order valence-corrected chi connectivity index (χ3v) is 5.68. The predicted octanol–water partition coefficient (Wildman–Crippen LogP) is 3.15. The number of hydrogen-bond donors (Lipinski definition) is 1. The van der Waals surface area contributed by atoms with Crippen LogP contribution in [-0.4, -0.2) is 45.3 Å². The number of likely N-dealkylation sites (tertiary alicyclic amines) is 1. The molecule has 1 N–H and O–H groups in total. The van der Waals surface area contributed by atoms with Crippen molar-refractivity contribution in [1.29, 1.82) is 0 Å². The van der Waals surface area contributed by atoms with Gasteiger partial charge in [0.2, 0.25) is 0 Å². The van der Waals surface area contributed by atoms with Gasteiger partial charge in [0, 0.05) is 25.7 Å². The Morgan fingerprint density at radius 3 is 2.71 bits per heavy atom. The zero-order valence-corrected chi connectivity index (χ0v) is 16.7. The minimum absolute atomic E-state index is 0.0381. The first-order chi connectivity index (χ1) is 13.4. The van der Waals surface area contributed by atoms with Gasteiger partial charge in [0.05, 0.1) is 17.1 Å². The summed E-state index contributed by atoms with van der Waals surface area (Å²) >= 11 is 0. The van der Waals surface area contributed by atoms with Crippen LogP contribution in [0, 0.1) is 0 Å². The summed E-state index contributed by atoms with van der Waals surface area (Å²) in [6.45, 7) is 3.07. The summed E-state index contributed by atoms with van der Waals surface area (Å²) < 4.78 is 34.7. The Morgan fingerprint density at radius 2 is 2.00 bits per heavy atom. The first-order valence-electron chi connectivity index (χ1n) is 9.09. The molecule has 0 aromatic heterocycles. The van der Waals surface area contributed by atoms with Gasteiger partial charge in [0.25, 0.3) is 15.9 Å². The van der Waals surface area contributed by atoms with Crippen molar-refractivity contribution >= 4 is 27.5 Å². The second-order valence-electron chi connectivity index (χ2n) is 6.42. The van der Waals surface area contributed by atoms with Crippen molar-refractivity contribution in [2.75, 3.05) is 25.5 Å². The number of anilines is 1. The van der Waals surface area contributed by atoms with Crippen LogP contribution < -0.4 is 10.1 Å². The number of rotatable bonds is 6. The molecule has 1 saturated heterocycles. The molecule has 0 atom stereocenters. The van der Waals surface area contributed by atoms with E-state index in [9.17, 15) is 13.2 Å². The van der Waals surface area contributed by atoms with Crippen LogP contribution in [0.4, 0.5) is 5.69 Å². The summed E-state index contributed by atoms with van der Waals surface area (Å²) in [6, 6.07) is 13.0. The first-order valence-corrected chi connectivity index (χ1v) is 10.5. The highest BCUT2D eigenvalue weighted by molar-refractivity contribution is 7.90. The Balaban J connectivity index is 1.83. The fourth-order valence-corrected chi connectivity index (χ4v) is 4.11. The van der Waals surface area contributed by atoms with E-state index in [1.54, 1.807) is 36.4 Å². The van der Waals surface area contributed by atoms with Crippen molar-refractivity contribution in [3.8, 4) is 5.75 Å². The van der Waals surface area contributed by atoms with Gasteiger partial charge in [-0.05, 0) is 43.7 Å². The number of amides is 1. The average molecular weight is 401 g/mol. The van der Waals surface area contributed by atoms with Crippen LogP contribution in [0.25, 0.3) is 0 Å². The first kappa shape index (κ1) is 19.9. The monoisotopic (exact) mass is 401 g/mol. The van der Waals surface area contributed by atoms with E-state index in [4.69, 9.17) is 4.74 Å². The summed E-state index contributed by atoms with van der Waals surface area (Å²) in [4.78, 5) is 14.5. The third kappa shape index (κ3) is 4.51. The van der Waals surface area contributed by atoms with Gasteiger partial charge in [-0.15, -0.1) is 4.40 Å². The molecule has 8 heteroatoms. The van der Waals surface area contributed by atoms with Gasteiger partial charge >= 0.3 is 0 Å². The molecule has 1 amide bonds. The molecule has 7 nitrogen and oxygen atoms in total. The third-order valence-electron chi connectivity index (χ3n) is 4.38. The van der Waals surface area contributed by atoms with Crippen LogP contribution in [0.5, 0.6) is 5.75 Å². The average Bonchev–Trinajstić information content (AvgIpc) is 3.06. The van der Waals surface area contributed by atoms with Gasteiger partial charge in [0.15, 0.2) is 0 Å². The van der Waals surface area contributed by atoms with Crippen LogP contribution in [0.1, 0.15) is 30.1 Å². The lowest BCUT2D eigenvalue weighted by Gasteiger charge is -2.12. The molecule has 0 unspecified atom stereocenters. The van der Waals surface area contributed by atoms with Crippen molar-refractivity contribution < 1.29 is 17.9 Å². The zero-order chi connectivity index (χ0) is 20.1. The van der Waals surface area contributed by atoms with E-state index in [0.717, 1.165) is 13.0 Å². The lowest BCUT2D eigenvalue weighted by Crippen LogP contribution is -2.20. The van der Waals surface area contributed by atoms with E-state index in [1.807, 2.05) is 18.9 Å². The molecule has 0 radical (unpaired) electrons. The fourth-order valence-electron chi connectivity index (χ4n) is 2.97. The van der Waals surface area contributed by atoms with E-state index in [1.165, 1.54) is 12.1 Å². The largest absolute Gasteiger partial charge is 0.493 e. The summed E-state index contributed by atoms with van der Waals surface area (Å²) in [5.41, 5.74) is 0.753. The topological polar surface area (TPSA) is 88.1 Å². The van der Waals surface area contributed by atoms with Gasteiger partial charge in [-0.1, -0.05) is 18.2 Å². The number of amidine groups is 1. The second-order valence-corrected chi connectivity index (χ2v) is 8.02. The Kier molecular flexibility index (Phi) is 5.99. The maximum absolute atomic E-state index is 12.6. The molecule has 0 spiro atoms. The highest BCUT2D eigenvalue weighted by Crippen LogP contribution is 2.23. The van der Waals surface area contributed by atoms with E-state index in [0.29, 0.717) is 35.9 Å². The SMILES string of the molecule is CCOc1ccccc1C(=O)Nc1cccc(S(=O)(=O)N=C2CCCN2C)c1. The van der Waals surface area contributed by atoms with E-state index in [2.05, 4.69) is 9.71 Å². The van der Waals surface area contributed by atoms with Crippen LogP contribution in [0.2, 0.25) is 0 Å². The van der Waals surface area contributed by atoms with Gasteiger partial charge in [-0.25, -0.2) is 0 Å². The molecule has 148 valence electrons. The van der Waals surface area contributed by atoms with Crippen LogP contribution in [-0.2, 0) is 10.0 Å². The van der Waals surface area contributed by atoms with Gasteiger partial charge in [-0.3, -0.25) is 4.79 Å². The summed E-state index contributed by atoms with van der Waals surface area (Å²) in [5.74, 6) is 0.655. The molecule has 1 heterocycles. The van der Waals surface area contributed by atoms with Crippen molar-refractivity contribution in [2.45, 2.75) is 24.7 Å². The molecule has 0 aliphatic carbocycles. The summed E-state index contributed by atoms with van der Waals surface area (Å²) in [5, 5.41) is 2.73. The maximum Gasteiger partial charge on any atom is 0.284 e. The normalized spacial score (nSPS) is 15.6. The van der Waals surface area contributed by atoms with E-state index < -0.39 is 10.0 Å². The Morgan fingerprint density at radius 1 is 1.21 bits per heavy atom. The minimum atomic E-state index is -3.85. The quantitative estimate of drug-likeness (QED) is 0.803. The fraction of sp³-hybridized carbons (Fsp3) is 0.300. The maximum atomic E-state index is 12.6. The molecule has 1 aliphatic rings. The number of nitrogens with one attached hydrogen (secondary N) is 1. The molecule has 0 bridgehead atoms. The molecule has 0 saturated carbocycles. The molecular weight excluding hydrogens is 378 g/mol. The molecule has 28 heavy (non-hydrogen) atoms. The molecular formula is C20H23N3O4S. The zero-order valence-electron chi connectivity index (χ0n) is 15.9. The molecule has 2 aromatic rings. The van der Waals surface area contributed by atoms with Crippen molar-refractivity contribution in [3.63, 3.8) is 0 Å². The number of hydrogen-bond acceptors (Lipinski definition) is 4. The van der Waals surface area contributed by atoms with Crippen LogP contribution >= 0.6 is 0 Å². The smallest absolute Gasteiger partial charge is 0.284 e. The molecule has 3 rings (SSSR count). The van der Waals surface area contributed by atoms with Crippen molar-refractivity contribution in [2.24, 2.45) is 4.40 Å². The predicted molar refractivity (Wildman–Crippen MR) is 108 cm³/mol. The van der Waals surface area contributed by atoms with Gasteiger partial charge < -0.3 is 15.0 Å². The number of sulfonamides is 1. The molecule has 1 aliphatic heterocycles.